The first-order valence-corrected chi connectivity index (χ1v) is 7.88. The van der Waals surface area contributed by atoms with Crippen molar-refractivity contribution in [3.05, 3.63) is 29.8 Å². The molecule has 5 nitrogen and oxygen atoms in total. The number of urea groups is 1. The lowest BCUT2D eigenvalue weighted by Crippen LogP contribution is -2.35. The molecule has 0 aliphatic carbocycles. The Morgan fingerprint density at radius 3 is 2.33 bits per heavy atom. The van der Waals surface area contributed by atoms with Crippen LogP contribution in [0, 0.1) is 11.8 Å². The molecule has 1 aliphatic heterocycles. The van der Waals surface area contributed by atoms with E-state index in [0.29, 0.717) is 5.56 Å². The molecule has 1 aromatic rings. The van der Waals surface area contributed by atoms with E-state index in [1.54, 1.807) is 0 Å². The Bertz CT molecular complexity index is 704. The number of aliphatic carboxylic acids is 1. The van der Waals surface area contributed by atoms with Gasteiger partial charge in [-0.1, -0.05) is 12.1 Å². The number of halogens is 6. The topological polar surface area (TPSA) is 69.6 Å². The lowest BCUT2D eigenvalue weighted by atomic mass is 9.96. The van der Waals surface area contributed by atoms with Crippen LogP contribution in [0.15, 0.2) is 24.3 Å². The van der Waals surface area contributed by atoms with E-state index in [4.69, 9.17) is 5.11 Å². The predicted octanol–water partition coefficient (Wildman–Crippen LogP) is 3.91. The average molecular weight is 398 g/mol. The molecule has 2 atom stereocenters. The van der Waals surface area contributed by atoms with Crippen LogP contribution in [0.25, 0.3) is 0 Å². The van der Waals surface area contributed by atoms with Gasteiger partial charge in [0.25, 0.3) is 0 Å². The molecule has 150 valence electrons. The number of alkyl halides is 6. The zero-order chi connectivity index (χ0) is 20.4. The Morgan fingerprint density at radius 2 is 1.81 bits per heavy atom. The fourth-order valence-corrected chi connectivity index (χ4v) is 2.84. The number of nitrogens with zero attached hydrogens (tertiary/aromatic N) is 1. The third-order valence-electron chi connectivity index (χ3n) is 4.22. The molecule has 1 heterocycles. The predicted molar refractivity (Wildman–Crippen MR) is 82.1 cm³/mol. The molecule has 0 bridgehead atoms. The maximum atomic E-state index is 13.0. The van der Waals surface area contributed by atoms with Gasteiger partial charge in [-0.15, -0.1) is 0 Å². The van der Waals surface area contributed by atoms with Crippen molar-refractivity contribution in [2.75, 3.05) is 18.4 Å². The van der Waals surface area contributed by atoms with Crippen LogP contribution in [0.5, 0.6) is 0 Å². The van der Waals surface area contributed by atoms with E-state index < -0.39 is 55.7 Å². The van der Waals surface area contributed by atoms with E-state index in [1.165, 1.54) is 24.3 Å². The first-order valence-electron chi connectivity index (χ1n) is 7.88. The molecule has 2 N–H and O–H groups in total. The van der Waals surface area contributed by atoms with Gasteiger partial charge in [0.15, 0.2) is 0 Å². The highest BCUT2D eigenvalue weighted by molar-refractivity contribution is 5.90. The van der Waals surface area contributed by atoms with Gasteiger partial charge >= 0.3 is 24.4 Å². The van der Waals surface area contributed by atoms with Gasteiger partial charge in [-0.3, -0.25) is 4.79 Å². The maximum Gasteiger partial charge on any atom is 0.394 e. The summed E-state index contributed by atoms with van der Waals surface area (Å²) < 4.78 is 75.7. The normalized spacial score (nSPS) is 20.6. The number of carbonyl (C=O) groups is 2. The summed E-state index contributed by atoms with van der Waals surface area (Å²) in [6.45, 7) is -1.42. The number of rotatable bonds is 4. The molecule has 1 aromatic carbocycles. The minimum Gasteiger partial charge on any atom is -0.481 e. The Kier molecular flexibility index (Phi) is 5.91. The maximum absolute atomic E-state index is 13.0. The second-order valence-electron chi connectivity index (χ2n) is 6.24. The molecule has 1 saturated heterocycles. The molecule has 0 saturated carbocycles. The van der Waals surface area contributed by atoms with Crippen molar-refractivity contribution in [1.82, 2.24) is 4.90 Å². The van der Waals surface area contributed by atoms with E-state index in [0.717, 1.165) is 4.90 Å². The highest BCUT2D eigenvalue weighted by atomic mass is 19.4. The second kappa shape index (κ2) is 7.65. The Morgan fingerprint density at radius 1 is 1.15 bits per heavy atom. The fourth-order valence-electron chi connectivity index (χ4n) is 2.84. The summed E-state index contributed by atoms with van der Waals surface area (Å²) in [7, 11) is 0. The third-order valence-corrected chi connectivity index (χ3v) is 4.22. The Labute approximate surface area is 149 Å². The van der Waals surface area contributed by atoms with Crippen LogP contribution in [0.3, 0.4) is 0 Å². The van der Waals surface area contributed by atoms with Gasteiger partial charge in [0, 0.05) is 25.2 Å². The summed E-state index contributed by atoms with van der Waals surface area (Å²) in [5, 5.41) is 11.2. The lowest BCUT2D eigenvalue weighted by Gasteiger charge is -2.19. The Balaban J connectivity index is 2.04. The molecule has 0 unspecified atom stereocenters. The van der Waals surface area contributed by atoms with Gasteiger partial charge in [0.2, 0.25) is 0 Å². The minimum absolute atomic E-state index is 0.113. The SMILES string of the molecule is O=C(O)[C@@H]1CN(C(=O)Nc2cccc(CCC(F)(F)F)c2)C[C@H]1C(F)(F)F. The van der Waals surface area contributed by atoms with E-state index in [1.807, 2.05) is 0 Å². The van der Waals surface area contributed by atoms with E-state index in [2.05, 4.69) is 5.32 Å². The van der Waals surface area contributed by atoms with E-state index in [9.17, 15) is 35.9 Å². The average Bonchev–Trinajstić information content (AvgIpc) is 2.98. The van der Waals surface area contributed by atoms with Gasteiger partial charge in [-0.05, 0) is 24.1 Å². The van der Waals surface area contributed by atoms with Crippen LogP contribution in [0.2, 0.25) is 0 Å². The summed E-state index contributed by atoms with van der Waals surface area (Å²) in [6.07, 6.45) is -10.5. The van der Waals surface area contributed by atoms with Crippen molar-refractivity contribution in [2.24, 2.45) is 11.8 Å². The number of benzene rings is 1. The van der Waals surface area contributed by atoms with E-state index in [-0.39, 0.29) is 12.1 Å². The molecule has 1 fully saturated rings. The highest BCUT2D eigenvalue weighted by Gasteiger charge is 2.53. The molecule has 0 aromatic heterocycles. The molecule has 0 radical (unpaired) electrons. The summed E-state index contributed by atoms with van der Waals surface area (Å²) in [6, 6.07) is 4.55. The number of amides is 2. The third kappa shape index (κ3) is 5.76. The van der Waals surface area contributed by atoms with Crippen LogP contribution in [-0.2, 0) is 11.2 Å². The molecule has 0 spiro atoms. The summed E-state index contributed by atoms with van der Waals surface area (Å²) in [5.41, 5.74) is 0.408. The summed E-state index contributed by atoms with van der Waals surface area (Å²) >= 11 is 0. The minimum atomic E-state index is -4.77. The largest absolute Gasteiger partial charge is 0.481 e. The van der Waals surface area contributed by atoms with Gasteiger partial charge in [0.1, 0.15) is 0 Å². The second-order valence-corrected chi connectivity index (χ2v) is 6.24. The number of nitrogens with one attached hydrogen (secondary N) is 1. The van der Waals surface area contributed by atoms with Crippen LogP contribution >= 0.6 is 0 Å². The van der Waals surface area contributed by atoms with Crippen molar-refractivity contribution < 1.29 is 41.0 Å². The standard InChI is InChI=1S/C16H16F6N2O3/c17-15(18,19)5-4-9-2-1-3-10(6-9)23-14(27)24-7-11(13(25)26)12(8-24)16(20,21)22/h1-3,6,11-12H,4-5,7-8H2,(H,23,27)(H,25,26)/t11-,12-/m1/s1. The number of carboxylic acid groups (broad SMARTS) is 1. The number of hydrogen-bond donors (Lipinski definition) is 2. The van der Waals surface area contributed by atoms with Gasteiger partial charge in [-0.25, -0.2) is 4.79 Å². The van der Waals surface area contributed by atoms with Gasteiger partial charge in [0.05, 0.1) is 11.8 Å². The Hall–Kier alpha value is -2.46. The molecule has 2 amide bonds. The molecular formula is C16H16F6N2O3. The molecule has 2 rings (SSSR count). The zero-order valence-corrected chi connectivity index (χ0v) is 13.8. The van der Waals surface area contributed by atoms with Crippen molar-refractivity contribution in [3.63, 3.8) is 0 Å². The zero-order valence-electron chi connectivity index (χ0n) is 13.8. The molecule has 1 aliphatic rings. The van der Waals surface area contributed by atoms with E-state index >= 15 is 0 Å². The molecular weight excluding hydrogens is 382 g/mol. The molecule has 27 heavy (non-hydrogen) atoms. The van der Waals surface area contributed by atoms with Crippen LogP contribution < -0.4 is 5.32 Å². The number of likely N-dealkylation sites (tertiary alicyclic amines) is 1. The number of aryl methyl sites for hydroxylation is 1. The van der Waals surface area contributed by atoms with Gasteiger partial charge < -0.3 is 15.3 Å². The van der Waals surface area contributed by atoms with Crippen LogP contribution in [-0.4, -0.2) is 47.4 Å². The quantitative estimate of drug-likeness (QED) is 0.756. The fraction of sp³-hybridized carbons (Fsp3) is 0.500. The van der Waals surface area contributed by atoms with Crippen molar-refractivity contribution in [1.29, 1.82) is 0 Å². The van der Waals surface area contributed by atoms with Crippen LogP contribution in [0.1, 0.15) is 12.0 Å². The lowest BCUT2D eigenvalue weighted by molar-refractivity contribution is -0.187. The van der Waals surface area contributed by atoms with Gasteiger partial charge in [-0.2, -0.15) is 26.3 Å². The van der Waals surface area contributed by atoms with Crippen molar-refractivity contribution in [2.45, 2.75) is 25.2 Å². The monoisotopic (exact) mass is 398 g/mol. The summed E-state index contributed by atoms with van der Waals surface area (Å²) in [5.74, 6) is -5.60. The van der Waals surface area contributed by atoms with Crippen LogP contribution in [0.4, 0.5) is 36.8 Å². The molecule has 11 heteroatoms. The highest BCUT2D eigenvalue weighted by Crippen LogP contribution is 2.38. The first kappa shape index (κ1) is 20.8. The summed E-state index contributed by atoms with van der Waals surface area (Å²) in [4.78, 5) is 23.9. The number of hydrogen-bond acceptors (Lipinski definition) is 2. The van der Waals surface area contributed by atoms with Crippen molar-refractivity contribution >= 4 is 17.7 Å². The number of carbonyl (C=O) groups excluding carboxylic acids is 1. The van der Waals surface area contributed by atoms with Crippen molar-refractivity contribution in [3.8, 4) is 0 Å². The number of anilines is 1. The first-order chi connectivity index (χ1) is 12.4. The smallest absolute Gasteiger partial charge is 0.394 e. The number of carboxylic acids is 1.